The van der Waals surface area contributed by atoms with Crippen molar-refractivity contribution < 1.29 is 13.2 Å². The number of aryl methyl sites for hydroxylation is 1. The molecule has 1 aromatic carbocycles. The minimum absolute atomic E-state index is 0.0358. The van der Waals surface area contributed by atoms with Gasteiger partial charge in [0, 0.05) is 17.2 Å². The smallest absolute Gasteiger partial charge is 0.264 e. The molecule has 0 aliphatic carbocycles. The second-order valence-electron chi connectivity index (χ2n) is 4.26. The van der Waals surface area contributed by atoms with E-state index < -0.39 is 9.05 Å². The Labute approximate surface area is 119 Å². The highest BCUT2D eigenvalue weighted by Crippen LogP contribution is 2.27. The molecule has 6 heteroatoms. The van der Waals surface area contributed by atoms with Gasteiger partial charge in [0.25, 0.3) is 9.05 Å². The number of likely N-dealkylation sites (N-methyl/N-ethyl adjacent to an activating group) is 1. The maximum Gasteiger partial charge on any atom is 0.264 e. The lowest BCUT2D eigenvalue weighted by atomic mass is 10.2. The number of hydrogen-bond donors (Lipinski definition) is 0. The summed E-state index contributed by atoms with van der Waals surface area (Å²) in [4.78, 5) is 2.23. The van der Waals surface area contributed by atoms with Crippen molar-refractivity contribution in [2.45, 2.75) is 25.7 Å². The maximum absolute atomic E-state index is 11.5. The molecule has 19 heavy (non-hydrogen) atoms. The second kappa shape index (κ2) is 7.12. The first-order chi connectivity index (χ1) is 8.88. The van der Waals surface area contributed by atoms with Crippen molar-refractivity contribution in [1.82, 2.24) is 4.90 Å². The van der Waals surface area contributed by atoms with E-state index in [2.05, 4.69) is 18.7 Å². The van der Waals surface area contributed by atoms with E-state index in [4.69, 9.17) is 15.4 Å². The normalized spacial score (nSPS) is 11.8. The molecule has 0 aliphatic rings. The van der Waals surface area contributed by atoms with Gasteiger partial charge < -0.3 is 9.64 Å². The van der Waals surface area contributed by atoms with E-state index in [1.165, 1.54) is 6.07 Å². The van der Waals surface area contributed by atoms with Gasteiger partial charge in [-0.2, -0.15) is 0 Å². The van der Waals surface area contributed by atoms with Crippen LogP contribution in [0.3, 0.4) is 0 Å². The van der Waals surface area contributed by atoms with Gasteiger partial charge in [-0.25, -0.2) is 8.42 Å². The van der Waals surface area contributed by atoms with Gasteiger partial charge in [0.2, 0.25) is 0 Å². The number of nitrogens with zero attached hydrogens (tertiary/aromatic N) is 1. The summed E-state index contributed by atoms with van der Waals surface area (Å²) in [6, 6.07) is 4.97. The summed E-state index contributed by atoms with van der Waals surface area (Å²) in [5, 5.41) is 0. The molecule has 0 bridgehead atoms. The van der Waals surface area contributed by atoms with Crippen LogP contribution in [0.2, 0.25) is 0 Å². The number of rotatable bonds is 7. The Morgan fingerprint density at radius 2 is 1.89 bits per heavy atom. The fraction of sp³-hybridized carbons (Fsp3) is 0.538. The van der Waals surface area contributed by atoms with Crippen molar-refractivity contribution in [3.05, 3.63) is 23.8 Å². The summed E-state index contributed by atoms with van der Waals surface area (Å²) >= 11 is 0. The van der Waals surface area contributed by atoms with Gasteiger partial charge in [-0.3, -0.25) is 0 Å². The fourth-order valence-electron chi connectivity index (χ4n) is 1.75. The maximum atomic E-state index is 11.5. The number of ether oxygens (including phenoxy) is 1. The first kappa shape index (κ1) is 16.3. The van der Waals surface area contributed by atoms with Gasteiger partial charge in [-0.1, -0.05) is 19.9 Å². The van der Waals surface area contributed by atoms with E-state index in [9.17, 15) is 8.42 Å². The van der Waals surface area contributed by atoms with Crippen molar-refractivity contribution >= 4 is 19.7 Å². The van der Waals surface area contributed by atoms with Crippen LogP contribution in [0.15, 0.2) is 23.1 Å². The third kappa shape index (κ3) is 5.01. The van der Waals surface area contributed by atoms with Crippen LogP contribution in [-0.2, 0) is 9.05 Å². The van der Waals surface area contributed by atoms with Crippen LogP contribution in [0.1, 0.15) is 19.4 Å². The minimum Gasteiger partial charge on any atom is -0.491 e. The Kier molecular flexibility index (Phi) is 6.10. The van der Waals surface area contributed by atoms with Crippen LogP contribution in [0.5, 0.6) is 5.75 Å². The van der Waals surface area contributed by atoms with E-state index in [1.807, 2.05) is 6.92 Å². The SMILES string of the molecule is CCN(CC)CCOc1ccc(C)cc1S(=O)(=O)Cl. The third-order valence-corrected chi connectivity index (χ3v) is 4.26. The van der Waals surface area contributed by atoms with E-state index in [-0.39, 0.29) is 4.90 Å². The molecule has 4 nitrogen and oxygen atoms in total. The van der Waals surface area contributed by atoms with Gasteiger partial charge >= 0.3 is 0 Å². The Morgan fingerprint density at radius 1 is 1.26 bits per heavy atom. The number of hydrogen-bond acceptors (Lipinski definition) is 4. The lowest BCUT2D eigenvalue weighted by molar-refractivity contribution is 0.219. The molecule has 0 N–H and O–H groups in total. The molecule has 1 rings (SSSR count). The highest BCUT2D eigenvalue weighted by atomic mass is 35.7. The fourth-order valence-corrected chi connectivity index (χ4v) is 2.81. The molecule has 0 unspecified atom stereocenters. The van der Waals surface area contributed by atoms with Crippen LogP contribution in [0.4, 0.5) is 0 Å². The zero-order valence-electron chi connectivity index (χ0n) is 11.5. The summed E-state index contributed by atoms with van der Waals surface area (Å²) in [5.74, 6) is 0.313. The molecule has 0 fully saturated rings. The number of halogens is 1. The lowest BCUT2D eigenvalue weighted by Gasteiger charge is -2.18. The van der Waals surface area contributed by atoms with Crippen LogP contribution >= 0.6 is 10.7 Å². The van der Waals surface area contributed by atoms with E-state index in [1.54, 1.807) is 12.1 Å². The van der Waals surface area contributed by atoms with Crippen molar-refractivity contribution in [1.29, 1.82) is 0 Å². The van der Waals surface area contributed by atoms with Gasteiger partial charge in [-0.15, -0.1) is 0 Å². The van der Waals surface area contributed by atoms with Crippen molar-refractivity contribution in [3.63, 3.8) is 0 Å². The third-order valence-electron chi connectivity index (χ3n) is 2.92. The van der Waals surface area contributed by atoms with Crippen LogP contribution in [0.25, 0.3) is 0 Å². The molecule has 0 saturated heterocycles. The van der Waals surface area contributed by atoms with Gasteiger partial charge in [0.05, 0.1) is 0 Å². The standard InChI is InChI=1S/C13H20ClNO3S/c1-4-15(5-2)8-9-18-12-7-6-11(3)10-13(12)19(14,16)17/h6-7,10H,4-5,8-9H2,1-3H3. The van der Waals surface area contributed by atoms with Crippen molar-refractivity contribution in [2.24, 2.45) is 0 Å². The second-order valence-corrected chi connectivity index (χ2v) is 6.80. The van der Waals surface area contributed by atoms with Crippen LogP contribution in [-0.4, -0.2) is 39.6 Å². The molecule has 0 atom stereocenters. The topological polar surface area (TPSA) is 46.6 Å². The quantitative estimate of drug-likeness (QED) is 0.727. The van der Waals surface area contributed by atoms with Crippen molar-refractivity contribution in [2.75, 3.05) is 26.2 Å². The highest BCUT2D eigenvalue weighted by molar-refractivity contribution is 8.13. The molecule has 0 spiro atoms. The van der Waals surface area contributed by atoms with E-state index >= 15 is 0 Å². The predicted octanol–water partition coefficient (Wildman–Crippen LogP) is 2.64. The zero-order valence-corrected chi connectivity index (χ0v) is 13.1. The molecule has 1 aromatic rings. The van der Waals surface area contributed by atoms with Crippen LogP contribution in [0, 0.1) is 6.92 Å². The monoisotopic (exact) mass is 305 g/mol. The Bertz CT molecular complexity index is 513. The molecule has 0 saturated carbocycles. The van der Waals surface area contributed by atoms with Gasteiger partial charge in [-0.05, 0) is 37.7 Å². The number of benzene rings is 1. The molecule has 108 valence electrons. The summed E-state index contributed by atoms with van der Waals surface area (Å²) in [5.41, 5.74) is 0.829. The van der Waals surface area contributed by atoms with Gasteiger partial charge in [0.15, 0.2) is 0 Å². The first-order valence-corrected chi connectivity index (χ1v) is 8.59. The Morgan fingerprint density at radius 3 is 2.42 bits per heavy atom. The lowest BCUT2D eigenvalue weighted by Crippen LogP contribution is -2.28. The predicted molar refractivity (Wildman–Crippen MR) is 77.5 cm³/mol. The minimum atomic E-state index is -3.78. The summed E-state index contributed by atoms with van der Waals surface area (Å²) in [7, 11) is 1.63. The highest BCUT2D eigenvalue weighted by Gasteiger charge is 2.17. The molecular weight excluding hydrogens is 286 g/mol. The van der Waals surface area contributed by atoms with Crippen LogP contribution < -0.4 is 4.74 Å². The largest absolute Gasteiger partial charge is 0.491 e. The Balaban J connectivity index is 2.79. The first-order valence-electron chi connectivity index (χ1n) is 6.29. The Hall–Kier alpha value is -0.780. The average Bonchev–Trinajstić information content (AvgIpc) is 2.35. The summed E-state index contributed by atoms with van der Waals surface area (Å²) < 4.78 is 28.5. The molecule has 0 aliphatic heterocycles. The van der Waals surface area contributed by atoms with Crippen molar-refractivity contribution in [3.8, 4) is 5.75 Å². The molecule has 0 aromatic heterocycles. The molecule has 0 heterocycles. The molecular formula is C13H20ClNO3S. The zero-order chi connectivity index (χ0) is 14.5. The molecule has 0 amide bonds. The van der Waals surface area contributed by atoms with Gasteiger partial charge in [0.1, 0.15) is 17.3 Å². The van der Waals surface area contributed by atoms with E-state index in [0.717, 1.165) is 25.2 Å². The summed E-state index contributed by atoms with van der Waals surface area (Å²) in [6.45, 7) is 9.02. The summed E-state index contributed by atoms with van der Waals surface area (Å²) in [6.07, 6.45) is 0. The molecule has 0 radical (unpaired) electrons. The van der Waals surface area contributed by atoms with E-state index in [0.29, 0.717) is 12.4 Å². The average molecular weight is 306 g/mol.